The highest BCUT2D eigenvalue weighted by Gasteiger charge is 2.17. The number of aromatic hydroxyl groups is 1. The zero-order valence-corrected chi connectivity index (χ0v) is 15.7. The van der Waals surface area contributed by atoms with Crippen molar-refractivity contribution >= 4 is 22.7 Å². The summed E-state index contributed by atoms with van der Waals surface area (Å²) in [5, 5.41) is 10.8. The monoisotopic (exact) mass is 381 g/mol. The van der Waals surface area contributed by atoms with Gasteiger partial charge in [-0.15, -0.1) is 0 Å². The number of rotatable bonds is 6. The molecule has 3 rings (SSSR count). The van der Waals surface area contributed by atoms with Gasteiger partial charge in [-0.05, 0) is 37.1 Å². The summed E-state index contributed by atoms with van der Waals surface area (Å²) in [7, 11) is 0. The molecule has 6 heteroatoms. The number of halogens is 1. The summed E-state index contributed by atoms with van der Waals surface area (Å²) in [6, 6.07) is 11.7. The van der Waals surface area contributed by atoms with E-state index in [1.807, 2.05) is 0 Å². The van der Waals surface area contributed by atoms with Gasteiger partial charge in [-0.1, -0.05) is 30.3 Å². The van der Waals surface area contributed by atoms with Crippen LogP contribution in [0.5, 0.6) is 5.75 Å². The minimum atomic E-state index is -0.478. The Morgan fingerprint density at radius 2 is 1.93 bits per heavy atom. The second-order valence-electron chi connectivity index (χ2n) is 6.43. The number of ether oxygens (including phenoxy) is 1. The summed E-state index contributed by atoms with van der Waals surface area (Å²) in [6.45, 7) is 3.62. The Morgan fingerprint density at radius 1 is 1.14 bits per heavy atom. The van der Waals surface area contributed by atoms with Gasteiger partial charge in [0.25, 0.3) is 0 Å². The molecule has 0 radical (unpaired) electrons. The van der Waals surface area contributed by atoms with E-state index in [1.165, 1.54) is 6.07 Å². The lowest BCUT2D eigenvalue weighted by molar-refractivity contribution is -0.143. The molecule has 3 aromatic rings. The lowest BCUT2D eigenvalue weighted by Crippen LogP contribution is -2.09. The fourth-order valence-corrected chi connectivity index (χ4v) is 2.97. The molecule has 0 unspecified atom stereocenters. The molecule has 0 amide bonds. The van der Waals surface area contributed by atoms with E-state index < -0.39 is 11.8 Å². The molecule has 0 aliphatic carbocycles. The molecule has 0 fully saturated rings. The number of nitrogens with zero attached hydrogens (tertiary/aromatic N) is 1. The van der Waals surface area contributed by atoms with Crippen molar-refractivity contribution in [3.63, 3.8) is 0 Å². The van der Waals surface area contributed by atoms with Crippen molar-refractivity contribution in [1.82, 2.24) is 4.98 Å². The summed E-state index contributed by atoms with van der Waals surface area (Å²) in [5.74, 6) is -1.50. The van der Waals surface area contributed by atoms with Crippen LogP contribution in [0.4, 0.5) is 4.39 Å². The largest absolute Gasteiger partial charge is 0.506 e. The number of esters is 1. The van der Waals surface area contributed by atoms with Gasteiger partial charge < -0.3 is 9.84 Å². The predicted molar refractivity (Wildman–Crippen MR) is 104 cm³/mol. The normalized spacial score (nSPS) is 10.8. The first-order chi connectivity index (χ1) is 13.4. The van der Waals surface area contributed by atoms with E-state index in [-0.39, 0.29) is 36.7 Å². The van der Waals surface area contributed by atoms with E-state index in [0.29, 0.717) is 27.6 Å². The van der Waals surface area contributed by atoms with Crippen molar-refractivity contribution < 1.29 is 23.8 Å². The van der Waals surface area contributed by atoms with E-state index in [9.17, 15) is 19.1 Å². The molecule has 0 atom stereocenters. The maximum absolute atomic E-state index is 14.4. The van der Waals surface area contributed by atoms with Crippen LogP contribution in [-0.4, -0.2) is 28.4 Å². The summed E-state index contributed by atoms with van der Waals surface area (Å²) < 4.78 is 19.2. The van der Waals surface area contributed by atoms with Crippen LogP contribution in [0.1, 0.15) is 35.8 Å². The number of hydrogen-bond donors (Lipinski definition) is 1. The molecular weight excluding hydrogens is 361 g/mol. The van der Waals surface area contributed by atoms with Crippen LogP contribution >= 0.6 is 0 Å². The highest BCUT2D eigenvalue weighted by Crippen LogP contribution is 2.30. The van der Waals surface area contributed by atoms with Gasteiger partial charge in [0.2, 0.25) is 0 Å². The third-order valence-electron chi connectivity index (χ3n) is 4.43. The third-order valence-corrected chi connectivity index (χ3v) is 4.43. The number of aryl methyl sites for hydroxylation is 1. The standard InChI is InChI=1S/C22H20FNO4/c1-3-28-20(27)10-9-18(25)22-19(26)12-15-8-7-14(11-17(15)24-22)16-6-4-5-13(2)21(16)23/h4-8,11-12,26H,3,9-10H2,1-2H3. The van der Waals surface area contributed by atoms with Crippen LogP contribution in [0.25, 0.3) is 22.0 Å². The highest BCUT2D eigenvalue weighted by molar-refractivity contribution is 6.00. The van der Waals surface area contributed by atoms with Crippen LogP contribution in [0.3, 0.4) is 0 Å². The van der Waals surface area contributed by atoms with E-state index in [0.717, 1.165) is 0 Å². The molecule has 1 N–H and O–H groups in total. The second kappa shape index (κ2) is 8.17. The SMILES string of the molecule is CCOC(=O)CCC(=O)c1nc2cc(-c3cccc(C)c3F)ccc2cc1O. The third kappa shape index (κ3) is 4.01. The van der Waals surface area contributed by atoms with Gasteiger partial charge in [0.1, 0.15) is 17.3 Å². The second-order valence-corrected chi connectivity index (χ2v) is 6.43. The zero-order valence-electron chi connectivity index (χ0n) is 15.7. The first-order valence-corrected chi connectivity index (χ1v) is 8.98. The molecule has 0 saturated heterocycles. The van der Waals surface area contributed by atoms with Gasteiger partial charge in [-0.3, -0.25) is 9.59 Å². The fourth-order valence-electron chi connectivity index (χ4n) is 2.97. The summed E-state index contributed by atoms with van der Waals surface area (Å²) in [5.41, 5.74) is 1.93. The molecule has 5 nitrogen and oxygen atoms in total. The van der Waals surface area contributed by atoms with E-state index in [4.69, 9.17) is 4.74 Å². The number of carbonyl (C=O) groups excluding carboxylic acids is 2. The average Bonchev–Trinajstić information content (AvgIpc) is 2.67. The minimum Gasteiger partial charge on any atom is -0.506 e. The van der Waals surface area contributed by atoms with Crippen LogP contribution in [0, 0.1) is 12.7 Å². The van der Waals surface area contributed by atoms with Crippen molar-refractivity contribution in [2.45, 2.75) is 26.7 Å². The molecular formula is C22H20FNO4. The number of aromatic nitrogens is 1. The summed E-state index contributed by atoms with van der Waals surface area (Å²) in [6.07, 6.45) is -0.197. The molecule has 2 aromatic carbocycles. The molecule has 28 heavy (non-hydrogen) atoms. The number of ketones is 1. The van der Waals surface area contributed by atoms with Gasteiger partial charge in [-0.25, -0.2) is 9.37 Å². The van der Waals surface area contributed by atoms with Gasteiger partial charge >= 0.3 is 5.97 Å². The molecule has 0 aliphatic heterocycles. The van der Waals surface area contributed by atoms with Crippen molar-refractivity contribution in [2.24, 2.45) is 0 Å². The van der Waals surface area contributed by atoms with Gasteiger partial charge in [-0.2, -0.15) is 0 Å². The highest BCUT2D eigenvalue weighted by atomic mass is 19.1. The maximum Gasteiger partial charge on any atom is 0.306 e. The first-order valence-electron chi connectivity index (χ1n) is 8.98. The average molecular weight is 381 g/mol. The molecule has 1 aromatic heterocycles. The number of Topliss-reactive ketones (excluding diaryl/α,β-unsaturated/α-hetero) is 1. The Bertz CT molecular complexity index is 1060. The molecule has 0 spiro atoms. The smallest absolute Gasteiger partial charge is 0.306 e. The summed E-state index contributed by atoms with van der Waals surface area (Å²) in [4.78, 5) is 28.1. The number of fused-ring (bicyclic) bond motifs is 1. The topological polar surface area (TPSA) is 76.5 Å². The first kappa shape index (κ1) is 19.5. The molecule has 0 aliphatic rings. The van der Waals surface area contributed by atoms with E-state index >= 15 is 0 Å². The quantitative estimate of drug-likeness (QED) is 0.500. The Morgan fingerprint density at radius 3 is 2.68 bits per heavy atom. The number of hydrogen-bond acceptors (Lipinski definition) is 5. The maximum atomic E-state index is 14.4. The van der Waals surface area contributed by atoms with Crippen molar-refractivity contribution in [2.75, 3.05) is 6.61 Å². The lowest BCUT2D eigenvalue weighted by Gasteiger charge is -2.09. The molecule has 1 heterocycles. The van der Waals surface area contributed by atoms with Gasteiger partial charge in [0.05, 0.1) is 18.5 Å². The Balaban J connectivity index is 1.95. The molecule has 0 saturated carbocycles. The van der Waals surface area contributed by atoms with E-state index in [1.54, 1.807) is 50.2 Å². The van der Waals surface area contributed by atoms with Crippen LogP contribution < -0.4 is 0 Å². The Kier molecular flexibility index (Phi) is 5.68. The fraction of sp³-hybridized carbons (Fsp3) is 0.227. The van der Waals surface area contributed by atoms with Crippen molar-refractivity contribution in [1.29, 1.82) is 0 Å². The Hall–Kier alpha value is -3.28. The number of benzene rings is 2. The van der Waals surface area contributed by atoms with Crippen molar-refractivity contribution in [3.05, 3.63) is 59.5 Å². The predicted octanol–water partition coefficient (Wildman–Crippen LogP) is 4.58. The van der Waals surface area contributed by atoms with Crippen molar-refractivity contribution in [3.8, 4) is 16.9 Å². The van der Waals surface area contributed by atoms with Gasteiger partial charge in [0.15, 0.2) is 5.78 Å². The molecule has 144 valence electrons. The number of pyridine rings is 1. The van der Waals surface area contributed by atoms with E-state index in [2.05, 4.69) is 4.98 Å². The lowest BCUT2D eigenvalue weighted by atomic mass is 10.0. The van der Waals surface area contributed by atoms with Gasteiger partial charge in [0, 0.05) is 17.4 Å². The molecule has 0 bridgehead atoms. The minimum absolute atomic E-state index is 0.0830. The van der Waals surface area contributed by atoms with Crippen LogP contribution in [0.2, 0.25) is 0 Å². The number of carbonyl (C=O) groups is 2. The summed E-state index contributed by atoms with van der Waals surface area (Å²) >= 11 is 0. The van der Waals surface area contributed by atoms with Crippen LogP contribution in [0.15, 0.2) is 42.5 Å². The van der Waals surface area contributed by atoms with Crippen LogP contribution in [-0.2, 0) is 9.53 Å². The Labute approximate surface area is 161 Å². The zero-order chi connectivity index (χ0) is 20.3.